The van der Waals surface area contributed by atoms with Crippen LogP contribution in [0.1, 0.15) is 23.6 Å². The van der Waals surface area contributed by atoms with Crippen molar-refractivity contribution < 1.29 is 79.2 Å². The van der Waals surface area contributed by atoms with Gasteiger partial charge in [-0.2, -0.15) is 0 Å². The van der Waals surface area contributed by atoms with Gasteiger partial charge in [-0.05, 0) is 42.6 Å². The summed E-state index contributed by atoms with van der Waals surface area (Å²) in [5.74, 6) is -2.57. The molecular formula is C31H43NO16. The highest BCUT2D eigenvalue weighted by atomic mass is 16.8. The largest absolute Gasteiger partial charge is 0.504 e. The minimum Gasteiger partial charge on any atom is -0.504 e. The fourth-order valence-corrected chi connectivity index (χ4v) is 6.59. The maximum Gasteiger partial charge on any atom is 0.334 e. The molecule has 2 saturated heterocycles. The number of carboxylic acid groups (broad SMARTS) is 1. The van der Waals surface area contributed by atoms with Crippen molar-refractivity contribution in [2.45, 2.75) is 86.6 Å². The Balaban J connectivity index is 1.31. The molecule has 268 valence electrons. The number of nitrogens with one attached hydrogen (secondary N) is 1. The van der Waals surface area contributed by atoms with Crippen molar-refractivity contribution in [2.24, 2.45) is 11.8 Å². The van der Waals surface area contributed by atoms with Crippen LogP contribution in [0.5, 0.6) is 11.5 Å². The first-order valence-corrected chi connectivity index (χ1v) is 15.5. The summed E-state index contributed by atoms with van der Waals surface area (Å²) in [5, 5.41) is 95.6. The number of ether oxygens (including phenoxy) is 6. The van der Waals surface area contributed by atoms with Gasteiger partial charge in [0.2, 0.25) is 6.29 Å². The predicted octanol–water partition coefficient (Wildman–Crippen LogP) is -2.64. The second-order valence-electron chi connectivity index (χ2n) is 12.2. The van der Waals surface area contributed by atoms with E-state index >= 15 is 0 Å². The van der Waals surface area contributed by atoms with Gasteiger partial charge in [-0.1, -0.05) is 6.08 Å². The number of aliphatic hydroxyl groups is 7. The molecule has 4 heterocycles. The zero-order valence-corrected chi connectivity index (χ0v) is 26.0. The smallest absolute Gasteiger partial charge is 0.334 e. The summed E-state index contributed by atoms with van der Waals surface area (Å²) in [6, 6.07) is 2.93. The van der Waals surface area contributed by atoms with E-state index in [1.165, 1.54) is 13.2 Å². The SMILES string of the molecule is C=C[C@H]1[C@H](O[C@@H]2O[C@H](CO[C@H]3O[C@H](CO)[C@@H](O)[C@H](O)[C@H]3O)[C@@H](O)[C@H](O)[C@H]2O)OC=C(C(=O)O)[C@H]1C[C@@H]1NCCc2cc(OC)c(O)cc21. The number of aromatic hydroxyl groups is 1. The number of methoxy groups -OCH3 is 1. The Kier molecular flexibility index (Phi) is 11.6. The van der Waals surface area contributed by atoms with Gasteiger partial charge in [-0.25, -0.2) is 4.79 Å². The average molecular weight is 686 g/mol. The standard InChI is InChI=1S/C31H43NO16/c1-3-13-15(7-17-14-8-18(34)19(43-2)6-12(14)4-5-32-17)16(28(41)42)10-44-29(13)48-31-27(40)25(38)23(36)21(47-31)11-45-30-26(39)24(37)22(35)20(9-33)46-30/h3,6,8,10,13,15,17,20-27,29-40H,1,4-5,7,9,11H2,2H3,(H,41,42)/t13-,15+,17+,20-,21-,22-,23-,24+,25+,26-,27-,29+,30+,31+/m1/s1. The average Bonchev–Trinajstić information content (AvgIpc) is 3.07. The fourth-order valence-electron chi connectivity index (χ4n) is 6.59. The molecule has 14 atom stereocenters. The van der Waals surface area contributed by atoms with E-state index in [9.17, 15) is 50.8 Å². The maximum absolute atomic E-state index is 12.3. The molecule has 10 N–H and O–H groups in total. The molecule has 17 heteroatoms. The third-order valence-electron chi connectivity index (χ3n) is 9.33. The lowest BCUT2D eigenvalue weighted by atomic mass is 9.77. The first-order valence-electron chi connectivity index (χ1n) is 15.5. The molecule has 0 aliphatic carbocycles. The highest BCUT2D eigenvalue weighted by Crippen LogP contribution is 2.42. The van der Waals surface area contributed by atoms with Crippen LogP contribution in [0.15, 0.2) is 36.6 Å². The van der Waals surface area contributed by atoms with E-state index in [1.54, 1.807) is 12.1 Å². The number of rotatable bonds is 11. The van der Waals surface area contributed by atoms with Crippen molar-refractivity contribution >= 4 is 5.97 Å². The van der Waals surface area contributed by atoms with Gasteiger partial charge in [0, 0.05) is 17.9 Å². The Morgan fingerprint density at radius 3 is 2.29 bits per heavy atom. The molecule has 4 aliphatic heterocycles. The minimum absolute atomic E-state index is 0.0679. The Hall–Kier alpha value is -2.91. The maximum atomic E-state index is 12.3. The number of hydrogen-bond acceptors (Lipinski definition) is 16. The molecule has 0 radical (unpaired) electrons. The summed E-state index contributed by atoms with van der Waals surface area (Å²) >= 11 is 0. The van der Waals surface area contributed by atoms with E-state index in [1.807, 2.05) is 0 Å². The summed E-state index contributed by atoms with van der Waals surface area (Å²) < 4.78 is 33.3. The van der Waals surface area contributed by atoms with E-state index in [0.29, 0.717) is 18.7 Å². The van der Waals surface area contributed by atoms with Crippen LogP contribution < -0.4 is 10.1 Å². The normalized spacial score (nSPS) is 39.9. The first kappa shape index (κ1) is 36.4. The molecule has 0 amide bonds. The van der Waals surface area contributed by atoms with Crippen molar-refractivity contribution in [2.75, 3.05) is 26.9 Å². The summed E-state index contributed by atoms with van der Waals surface area (Å²) in [5.41, 5.74) is 1.62. The van der Waals surface area contributed by atoms with Crippen molar-refractivity contribution in [3.05, 3.63) is 47.7 Å². The molecule has 0 spiro atoms. The van der Waals surface area contributed by atoms with Gasteiger partial charge in [0.1, 0.15) is 48.8 Å². The van der Waals surface area contributed by atoms with Gasteiger partial charge in [0.25, 0.3) is 0 Å². The number of carbonyl (C=O) groups is 1. The summed E-state index contributed by atoms with van der Waals surface area (Å²) in [6.45, 7) is 3.17. The Labute approximate surface area is 275 Å². The third kappa shape index (κ3) is 7.18. The summed E-state index contributed by atoms with van der Waals surface area (Å²) in [4.78, 5) is 12.3. The zero-order valence-electron chi connectivity index (χ0n) is 26.0. The van der Waals surface area contributed by atoms with Gasteiger partial charge in [0.15, 0.2) is 24.1 Å². The van der Waals surface area contributed by atoms with E-state index in [0.717, 1.165) is 17.4 Å². The van der Waals surface area contributed by atoms with Crippen LogP contribution in [0.4, 0.5) is 0 Å². The molecular weight excluding hydrogens is 642 g/mol. The number of aliphatic hydroxyl groups excluding tert-OH is 7. The molecule has 2 fully saturated rings. The van der Waals surface area contributed by atoms with Crippen molar-refractivity contribution in [1.29, 1.82) is 0 Å². The number of carboxylic acids is 1. The van der Waals surface area contributed by atoms with E-state index in [-0.39, 0.29) is 17.7 Å². The quantitative estimate of drug-likeness (QED) is 0.107. The van der Waals surface area contributed by atoms with Crippen LogP contribution in [0.25, 0.3) is 0 Å². The lowest BCUT2D eigenvalue weighted by molar-refractivity contribution is -0.352. The molecule has 17 nitrogen and oxygen atoms in total. The second-order valence-corrected chi connectivity index (χ2v) is 12.2. The van der Waals surface area contributed by atoms with E-state index in [2.05, 4.69) is 11.9 Å². The van der Waals surface area contributed by atoms with Gasteiger partial charge in [-0.3, -0.25) is 0 Å². The molecule has 0 aromatic heterocycles. The molecule has 1 aromatic rings. The van der Waals surface area contributed by atoms with Gasteiger partial charge < -0.3 is 79.7 Å². The lowest BCUT2D eigenvalue weighted by Gasteiger charge is -2.44. The molecule has 0 bridgehead atoms. The number of hydrogen-bond donors (Lipinski definition) is 10. The van der Waals surface area contributed by atoms with Crippen molar-refractivity contribution in [3.8, 4) is 11.5 Å². The molecule has 1 aromatic carbocycles. The second kappa shape index (κ2) is 15.3. The molecule has 4 aliphatic rings. The summed E-state index contributed by atoms with van der Waals surface area (Å²) in [7, 11) is 1.45. The Bertz CT molecular complexity index is 1330. The zero-order chi connectivity index (χ0) is 34.9. The third-order valence-corrected chi connectivity index (χ3v) is 9.33. The van der Waals surface area contributed by atoms with Crippen LogP contribution >= 0.6 is 0 Å². The van der Waals surface area contributed by atoms with Crippen LogP contribution in [0.3, 0.4) is 0 Å². The van der Waals surface area contributed by atoms with E-state index in [4.69, 9.17) is 28.4 Å². The van der Waals surface area contributed by atoms with Gasteiger partial charge >= 0.3 is 5.97 Å². The number of fused-ring (bicyclic) bond motifs is 1. The van der Waals surface area contributed by atoms with Crippen molar-refractivity contribution in [3.63, 3.8) is 0 Å². The van der Waals surface area contributed by atoms with Crippen LogP contribution in [-0.2, 0) is 34.9 Å². The van der Waals surface area contributed by atoms with Crippen LogP contribution in [0.2, 0.25) is 0 Å². The van der Waals surface area contributed by atoms with Gasteiger partial charge in [0.05, 0.1) is 32.2 Å². The highest BCUT2D eigenvalue weighted by Gasteiger charge is 2.49. The van der Waals surface area contributed by atoms with Gasteiger partial charge in [-0.15, -0.1) is 6.58 Å². The number of phenols is 1. The fraction of sp³-hybridized carbons (Fsp3) is 0.645. The monoisotopic (exact) mass is 685 g/mol. The lowest BCUT2D eigenvalue weighted by Crippen LogP contribution is -2.62. The summed E-state index contributed by atoms with van der Waals surface area (Å²) in [6.07, 6.45) is -14.2. The first-order chi connectivity index (χ1) is 22.9. The Morgan fingerprint density at radius 1 is 0.979 bits per heavy atom. The van der Waals surface area contributed by atoms with Crippen molar-refractivity contribution in [1.82, 2.24) is 5.32 Å². The number of aliphatic carboxylic acids is 1. The Morgan fingerprint density at radius 2 is 1.65 bits per heavy atom. The molecule has 0 saturated carbocycles. The molecule has 0 unspecified atom stereocenters. The van der Waals surface area contributed by atoms with Crippen LogP contribution in [0, 0.1) is 11.8 Å². The topological polar surface area (TPSA) is 267 Å². The highest BCUT2D eigenvalue weighted by molar-refractivity contribution is 5.87. The predicted molar refractivity (Wildman–Crippen MR) is 159 cm³/mol. The molecule has 5 rings (SSSR count). The number of phenolic OH excluding ortho intramolecular Hbond substituents is 1. The van der Waals surface area contributed by atoms with Crippen LogP contribution in [-0.4, -0.2) is 146 Å². The minimum atomic E-state index is -1.81. The van der Waals surface area contributed by atoms with E-state index < -0.39 is 105 Å². The number of benzene rings is 1. The molecule has 48 heavy (non-hydrogen) atoms.